The van der Waals surface area contributed by atoms with Crippen LogP contribution in [0.3, 0.4) is 0 Å². The fraction of sp³-hybridized carbons (Fsp3) is 0.179. The van der Waals surface area contributed by atoms with Crippen LogP contribution in [0.15, 0.2) is 306 Å². The first-order valence-corrected chi connectivity index (χ1v) is 39.2. The van der Waals surface area contributed by atoms with Crippen molar-refractivity contribution in [2.75, 3.05) is 33.9 Å². The maximum Gasteiger partial charge on any atom is 0.321 e. The zero-order valence-electron chi connectivity index (χ0n) is 66.4. The molecule has 11 N–H and O–H groups in total. The van der Waals surface area contributed by atoms with Crippen LogP contribution in [0.25, 0.3) is 65.4 Å². The van der Waals surface area contributed by atoms with Gasteiger partial charge in [-0.3, -0.25) is 58.7 Å². The molecule has 5 unspecified atom stereocenters. The predicted octanol–water partition coefficient (Wildman–Crippen LogP) is 16.8. The lowest BCUT2D eigenvalue weighted by molar-refractivity contribution is -0.162. The molecule has 12 aromatic heterocycles. The standard InChI is InChI=1S/C21H22N2O4.C17H17N3O.C17H19N3.C17H14N2O4.C16H14N2O2.C7H6N2/c1-3-26-20(24)19(21(25)27-4-2)18(14-8-6-5-7-9-14)16-13-23-17-10-11-22-12-15(16)17;1-18-17(21)9-13(12-5-3-2-4-6-12)14-11-20-16-7-8-19-10-15(14)16;1-18-9-7-14(13-5-3-2-4-6-13)15-12-20-17-8-10-19-11-16(15)17;20-16(21)15(17(22)23)14(10-4-2-1-3-5-10)12-9-19-13-6-7-18-8-11(12)13;19-16(20)8-12(11-4-2-1-3-5-11)13-10-18-15-6-7-17-9-14(13)15;1-4-9-7-2-3-8-5-6(1)7/h5-13,18-19,23H,3-4H2,1-2H3;2-8,10-11,13,20H,9H2,1H3,(H,18,21);2-6,8,10-12,14,18,20H,7,9H2,1H3;1-9,14-15,19H,(H,20,21)(H,22,23);1-7,9-10,12,18H,8H2,(H,19,20);1-5,9H. The van der Waals surface area contributed by atoms with Crippen LogP contribution < -0.4 is 10.6 Å². The molecule has 12 heterocycles. The predicted molar refractivity (Wildman–Crippen MR) is 463 cm³/mol. The first-order chi connectivity index (χ1) is 58.7. The highest BCUT2D eigenvalue weighted by molar-refractivity contribution is 5.99. The molecule has 5 aromatic carbocycles. The Morgan fingerprint density at radius 3 is 1.02 bits per heavy atom. The van der Waals surface area contributed by atoms with Crippen molar-refractivity contribution in [3.8, 4) is 0 Å². The summed E-state index contributed by atoms with van der Waals surface area (Å²) in [7, 11) is 3.67. The number of nitrogens with one attached hydrogen (secondary N) is 8. The number of aliphatic carboxylic acids is 3. The topological polar surface area (TPSA) is 378 Å². The van der Waals surface area contributed by atoms with E-state index in [1.807, 2.05) is 172 Å². The van der Waals surface area contributed by atoms with Crippen LogP contribution in [0.5, 0.6) is 0 Å². The molecular formula is C95H92N14O11. The van der Waals surface area contributed by atoms with E-state index in [-0.39, 0.29) is 37.4 Å². The molecule has 0 aliphatic heterocycles. The highest BCUT2D eigenvalue weighted by Gasteiger charge is 2.41. The molecule has 17 aromatic rings. The number of aromatic amines is 6. The van der Waals surface area contributed by atoms with Crippen molar-refractivity contribution in [2.24, 2.45) is 11.8 Å². The van der Waals surface area contributed by atoms with E-state index in [1.165, 1.54) is 16.5 Å². The average molecular weight is 1610 g/mol. The Bertz CT molecular complexity index is 6090. The minimum absolute atomic E-state index is 0.0177. The van der Waals surface area contributed by atoms with Crippen molar-refractivity contribution in [2.45, 2.75) is 62.7 Å². The lowest BCUT2D eigenvalue weighted by atomic mass is 9.80. The number of ether oxygens (including phenoxy) is 2. The number of amides is 1. The summed E-state index contributed by atoms with van der Waals surface area (Å²) in [6.07, 6.45) is 34.1. The van der Waals surface area contributed by atoms with Crippen LogP contribution in [0.1, 0.15) is 118 Å². The quantitative estimate of drug-likeness (QED) is 0.0187. The minimum atomic E-state index is -1.59. The minimum Gasteiger partial charge on any atom is -0.481 e. The molecule has 17 rings (SSSR count). The summed E-state index contributed by atoms with van der Waals surface area (Å²) >= 11 is 0. The monoisotopic (exact) mass is 1600 g/mol. The van der Waals surface area contributed by atoms with Gasteiger partial charge in [0.2, 0.25) is 5.91 Å². The van der Waals surface area contributed by atoms with Gasteiger partial charge in [0.05, 0.1) is 19.6 Å². The molecule has 25 nitrogen and oxygen atoms in total. The normalized spacial score (nSPS) is 12.2. The number of aromatic nitrogens is 12. The van der Waals surface area contributed by atoms with Gasteiger partial charge in [0, 0.05) is 220 Å². The summed E-state index contributed by atoms with van der Waals surface area (Å²) in [5.74, 6) is -8.54. The summed E-state index contributed by atoms with van der Waals surface area (Å²) in [4.78, 5) is 116. The highest BCUT2D eigenvalue weighted by Crippen LogP contribution is 2.41. The molecule has 5 atom stereocenters. The van der Waals surface area contributed by atoms with E-state index < -0.39 is 53.5 Å². The van der Waals surface area contributed by atoms with Gasteiger partial charge in [0.15, 0.2) is 11.8 Å². The highest BCUT2D eigenvalue weighted by atomic mass is 16.6. The van der Waals surface area contributed by atoms with Crippen molar-refractivity contribution >= 4 is 101 Å². The van der Waals surface area contributed by atoms with E-state index in [0.717, 1.165) is 101 Å². The summed E-state index contributed by atoms with van der Waals surface area (Å²) in [5, 5.41) is 40.0. The summed E-state index contributed by atoms with van der Waals surface area (Å²) in [6.45, 7) is 4.80. The van der Waals surface area contributed by atoms with Gasteiger partial charge in [-0.05, 0) is 132 Å². The maximum atomic E-state index is 12.8. The summed E-state index contributed by atoms with van der Waals surface area (Å²) in [6, 6.07) is 62.1. The molecule has 0 saturated heterocycles. The van der Waals surface area contributed by atoms with Crippen molar-refractivity contribution in [3.05, 3.63) is 361 Å². The number of fused-ring (bicyclic) bond motifs is 6. The Balaban J connectivity index is 0.000000134. The smallest absolute Gasteiger partial charge is 0.321 e. The lowest BCUT2D eigenvalue weighted by Gasteiger charge is -2.24. The van der Waals surface area contributed by atoms with Gasteiger partial charge in [-0.1, -0.05) is 152 Å². The number of carboxylic acids is 3. The van der Waals surface area contributed by atoms with Crippen molar-refractivity contribution in [1.82, 2.24) is 70.4 Å². The van der Waals surface area contributed by atoms with Crippen molar-refractivity contribution < 1.29 is 53.6 Å². The molecule has 0 bridgehead atoms. The molecule has 0 spiro atoms. The van der Waals surface area contributed by atoms with Gasteiger partial charge >= 0.3 is 29.8 Å². The number of hydrogen-bond acceptors (Lipinski definition) is 15. The molecular weight excluding hydrogens is 1510 g/mol. The van der Waals surface area contributed by atoms with Crippen LogP contribution in [0, 0.1) is 11.8 Å². The van der Waals surface area contributed by atoms with Crippen LogP contribution >= 0.6 is 0 Å². The second kappa shape index (κ2) is 42.1. The van der Waals surface area contributed by atoms with Crippen molar-refractivity contribution in [3.63, 3.8) is 0 Å². The van der Waals surface area contributed by atoms with Gasteiger partial charge in [-0.2, -0.15) is 0 Å². The molecule has 0 aliphatic rings. The Kier molecular flexibility index (Phi) is 29.6. The SMILES string of the molecule is CCOC(=O)C(C(=O)OCC)C(c1ccccc1)c1c[nH]c2ccncc12.CNC(=O)CC(c1ccccc1)c1c[nH]c2ccncc12.CNCCC(c1ccccc1)c1c[nH]c2ccncc12.O=C(O)C(C(=O)O)C(c1ccccc1)c1c[nH]c2ccncc12.O=C(O)CC(c1ccccc1)c1c[nH]c2ccncc12.c1cc2[nH]ccc2cn1. The number of hydrogen-bond donors (Lipinski definition) is 11. The number of pyridine rings is 6. The Labute approximate surface area is 691 Å². The number of nitrogens with zero attached hydrogens (tertiary/aromatic N) is 6. The fourth-order valence-corrected chi connectivity index (χ4v) is 15.0. The van der Waals surface area contributed by atoms with Crippen LogP contribution in [-0.2, 0) is 38.2 Å². The van der Waals surface area contributed by atoms with E-state index >= 15 is 0 Å². The number of esters is 2. The third-order valence-corrected chi connectivity index (χ3v) is 20.7. The van der Waals surface area contributed by atoms with Crippen LogP contribution in [0.4, 0.5) is 0 Å². The molecule has 0 radical (unpaired) electrons. The van der Waals surface area contributed by atoms with E-state index in [1.54, 1.807) is 113 Å². The zero-order valence-corrected chi connectivity index (χ0v) is 66.4. The number of carbonyl (C=O) groups is 6. The van der Waals surface area contributed by atoms with Gasteiger partial charge in [-0.25, -0.2) is 0 Å². The number of carboxylic acid groups (broad SMARTS) is 3. The Hall–Kier alpha value is -15.0. The first-order valence-electron chi connectivity index (χ1n) is 39.2. The number of H-pyrrole nitrogens is 6. The largest absolute Gasteiger partial charge is 0.481 e. The van der Waals surface area contributed by atoms with Crippen LogP contribution in [0.2, 0.25) is 0 Å². The molecule has 25 heteroatoms. The second-order valence-corrected chi connectivity index (χ2v) is 27.9. The zero-order chi connectivity index (χ0) is 84.1. The third kappa shape index (κ3) is 21.0. The van der Waals surface area contributed by atoms with E-state index in [0.29, 0.717) is 28.9 Å². The van der Waals surface area contributed by atoms with E-state index in [2.05, 4.69) is 119 Å². The molecule has 1 amide bonds. The maximum absolute atomic E-state index is 12.8. The molecule has 0 fully saturated rings. The molecule has 120 heavy (non-hydrogen) atoms. The van der Waals surface area contributed by atoms with Gasteiger partial charge in [0.25, 0.3) is 0 Å². The molecule has 0 saturated carbocycles. The van der Waals surface area contributed by atoms with Crippen LogP contribution in [-0.4, -0.2) is 145 Å². The lowest BCUT2D eigenvalue weighted by Crippen LogP contribution is -2.34. The van der Waals surface area contributed by atoms with E-state index in [9.17, 15) is 44.1 Å². The fourth-order valence-electron chi connectivity index (χ4n) is 15.0. The molecule has 608 valence electrons. The number of benzene rings is 5. The van der Waals surface area contributed by atoms with Gasteiger partial charge < -0.3 is 65.3 Å². The summed E-state index contributed by atoms with van der Waals surface area (Å²) < 4.78 is 10.4. The molecule has 0 aliphatic carbocycles. The Morgan fingerprint density at radius 2 is 0.675 bits per heavy atom. The second-order valence-electron chi connectivity index (χ2n) is 27.9. The first kappa shape index (κ1) is 84.4. The number of rotatable bonds is 25. The van der Waals surface area contributed by atoms with Gasteiger partial charge in [0.1, 0.15) is 0 Å². The third-order valence-electron chi connectivity index (χ3n) is 20.7. The number of carbonyl (C=O) groups excluding carboxylic acids is 3. The van der Waals surface area contributed by atoms with Crippen molar-refractivity contribution in [1.29, 1.82) is 0 Å². The summed E-state index contributed by atoms with van der Waals surface area (Å²) in [5.41, 5.74) is 15.7. The Morgan fingerprint density at radius 1 is 0.358 bits per heavy atom. The average Bonchev–Trinajstić information content (AvgIpc) is 1.37. The van der Waals surface area contributed by atoms with E-state index in [4.69, 9.17) is 9.47 Å². The van der Waals surface area contributed by atoms with Gasteiger partial charge in [-0.15, -0.1) is 0 Å².